The lowest BCUT2D eigenvalue weighted by molar-refractivity contribution is -0.162. The van der Waals surface area contributed by atoms with Crippen LogP contribution in [0.25, 0.3) is 0 Å². The first-order chi connectivity index (χ1) is 6.80. The monoisotopic (exact) mass is 214 g/mol. The Morgan fingerprint density at radius 2 is 2.07 bits per heavy atom. The highest BCUT2D eigenvalue weighted by Crippen LogP contribution is 2.39. The van der Waals surface area contributed by atoms with Gasteiger partial charge in [-0.25, -0.2) is 4.79 Å². The Hall–Kier alpha value is -0.570. The first-order valence-corrected chi connectivity index (χ1v) is 5.69. The number of aliphatic hydroxyl groups excluding tert-OH is 1. The molecule has 88 valence electrons. The van der Waals surface area contributed by atoms with Crippen molar-refractivity contribution in [2.24, 2.45) is 11.3 Å². The maximum atomic E-state index is 11.3. The lowest BCUT2D eigenvalue weighted by atomic mass is 9.71. The highest BCUT2D eigenvalue weighted by Gasteiger charge is 2.34. The normalized spacial score (nSPS) is 32.1. The summed E-state index contributed by atoms with van der Waals surface area (Å²) in [5.41, 5.74) is 0.237. The van der Waals surface area contributed by atoms with E-state index in [0.29, 0.717) is 5.92 Å². The average molecular weight is 214 g/mol. The first-order valence-electron chi connectivity index (χ1n) is 5.69. The van der Waals surface area contributed by atoms with Crippen LogP contribution in [0, 0.1) is 11.3 Å². The molecule has 1 fully saturated rings. The second-order valence-electron chi connectivity index (χ2n) is 5.65. The van der Waals surface area contributed by atoms with E-state index in [9.17, 15) is 4.79 Å². The fourth-order valence-corrected chi connectivity index (χ4v) is 2.61. The number of aliphatic hydroxyl groups is 1. The van der Waals surface area contributed by atoms with Gasteiger partial charge in [-0.2, -0.15) is 0 Å². The number of carbonyl (C=O) groups is 1. The van der Waals surface area contributed by atoms with E-state index in [2.05, 4.69) is 20.8 Å². The van der Waals surface area contributed by atoms with Crippen molar-refractivity contribution < 1.29 is 14.6 Å². The van der Waals surface area contributed by atoms with E-state index in [1.807, 2.05) is 0 Å². The third-order valence-electron chi connectivity index (χ3n) is 2.97. The Bertz CT molecular complexity index is 233. The molecule has 0 spiro atoms. The molecule has 3 nitrogen and oxygen atoms in total. The molecule has 0 heterocycles. The van der Waals surface area contributed by atoms with Crippen LogP contribution in [0.3, 0.4) is 0 Å². The van der Waals surface area contributed by atoms with Gasteiger partial charge in [0, 0.05) is 0 Å². The van der Waals surface area contributed by atoms with Crippen molar-refractivity contribution in [1.29, 1.82) is 0 Å². The lowest BCUT2D eigenvalue weighted by Gasteiger charge is -2.38. The molecule has 0 aromatic heterocycles. The number of esters is 1. The number of hydrogen-bond donors (Lipinski definition) is 1. The van der Waals surface area contributed by atoms with Crippen molar-refractivity contribution in [3.05, 3.63) is 0 Å². The highest BCUT2D eigenvalue weighted by atomic mass is 16.6. The van der Waals surface area contributed by atoms with E-state index in [4.69, 9.17) is 9.84 Å². The van der Waals surface area contributed by atoms with Crippen LogP contribution < -0.4 is 0 Å². The van der Waals surface area contributed by atoms with Crippen LogP contribution in [0.5, 0.6) is 0 Å². The minimum atomic E-state index is -1.01. The van der Waals surface area contributed by atoms with E-state index >= 15 is 0 Å². The largest absolute Gasteiger partial charge is 0.460 e. The minimum absolute atomic E-state index is 0.0224. The number of rotatable bonds is 2. The molecule has 1 saturated carbocycles. The average Bonchev–Trinajstić information content (AvgIpc) is 1.99. The van der Waals surface area contributed by atoms with Crippen molar-refractivity contribution in [1.82, 2.24) is 0 Å². The van der Waals surface area contributed by atoms with E-state index in [1.165, 1.54) is 13.3 Å². The van der Waals surface area contributed by atoms with Crippen LogP contribution in [0.1, 0.15) is 47.0 Å². The van der Waals surface area contributed by atoms with E-state index in [1.54, 1.807) is 0 Å². The van der Waals surface area contributed by atoms with Gasteiger partial charge in [-0.1, -0.05) is 20.8 Å². The van der Waals surface area contributed by atoms with Gasteiger partial charge in [-0.15, -0.1) is 0 Å². The maximum absolute atomic E-state index is 11.3. The molecule has 0 saturated heterocycles. The molecule has 15 heavy (non-hydrogen) atoms. The highest BCUT2D eigenvalue weighted by molar-refractivity contribution is 5.73. The zero-order valence-corrected chi connectivity index (χ0v) is 10.1. The van der Waals surface area contributed by atoms with Crippen molar-refractivity contribution in [2.75, 3.05) is 0 Å². The van der Waals surface area contributed by atoms with Crippen LogP contribution in [-0.4, -0.2) is 23.3 Å². The Labute approximate surface area is 91.8 Å². The lowest BCUT2D eigenvalue weighted by Crippen LogP contribution is -2.35. The fraction of sp³-hybridized carbons (Fsp3) is 0.917. The van der Waals surface area contributed by atoms with Crippen molar-refractivity contribution in [2.45, 2.75) is 59.2 Å². The zero-order chi connectivity index (χ0) is 11.6. The maximum Gasteiger partial charge on any atom is 0.334 e. The van der Waals surface area contributed by atoms with E-state index < -0.39 is 12.1 Å². The molecule has 0 aromatic carbocycles. The summed E-state index contributed by atoms with van der Waals surface area (Å²) < 4.78 is 5.27. The molecule has 3 heteroatoms. The summed E-state index contributed by atoms with van der Waals surface area (Å²) in [6.07, 6.45) is 1.96. The Balaban J connectivity index is 2.52. The molecule has 1 N–H and O–H groups in total. The van der Waals surface area contributed by atoms with Gasteiger partial charge < -0.3 is 9.84 Å². The molecule has 1 aliphatic rings. The van der Waals surface area contributed by atoms with Crippen LogP contribution in [-0.2, 0) is 9.53 Å². The molecule has 0 radical (unpaired) electrons. The summed E-state index contributed by atoms with van der Waals surface area (Å²) >= 11 is 0. The summed E-state index contributed by atoms with van der Waals surface area (Å²) in [6.45, 7) is 8.03. The topological polar surface area (TPSA) is 46.5 Å². The predicted molar refractivity (Wildman–Crippen MR) is 58.4 cm³/mol. The summed E-state index contributed by atoms with van der Waals surface area (Å²) in [5.74, 6) is 0.0884. The van der Waals surface area contributed by atoms with Crippen molar-refractivity contribution in [3.63, 3.8) is 0 Å². The summed E-state index contributed by atoms with van der Waals surface area (Å²) in [6, 6.07) is 0. The number of ether oxygens (including phenoxy) is 1. The van der Waals surface area contributed by atoms with Gasteiger partial charge in [-0.3, -0.25) is 0 Å². The molecule has 0 bridgehead atoms. The van der Waals surface area contributed by atoms with Crippen LogP contribution in [0.4, 0.5) is 0 Å². The predicted octanol–water partition coefficient (Wildman–Crippen LogP) is 2.13. The van der Waals surface area contributed by atoms with E-state index in [0.717, 1.165) is 12.8 Å². The molecular formula is C12H22O3. The summed E-state index contributed by atoms with van der Waals surface area (Å²) in [7, 11) is 0. The second-order valence-corrected chi connectivity index (χ2v) is 5.65. The van der Waals surface area contributed by atoms with E-state index in [-0.39, 0.29) is 11.5 Å². The molecule has 0 unspecified atom stereocenters. The molecule has 0 aliphatic heterocycles. The number of hydrogen-bond acceptors (Lipinski definition) is 3. The van der Waals surface area contributed by atoms with Gasteiger partial charge in [0.25, 0.3) is 0 Å². The van der Waals surface area contributed by atoms with Gasteiger partial charge in [0.15, 0.2) is 0 Å². The zero-order valence-electron chi connectivity index (χ0n) is 10.1. The summed E-state index contributed by atoms with van der Waals surface area (Å²) in [4.78, 5) is 11.3. The minimum Gasteiger partial charge on any atom is -0.460 e. The molecule has 1 aliphatic carbocycles. The van der Waals surface area contributed by atoms with Gasteiger partial charge >= 0.3 is 5.97 Å². The third kappa shape index (κ3) is 3.82. The van der Waals surface area contributed by atoms with Crippen molar-refractivity contribution in [3.8, 4) is 0 Å². The molecule has 1 rings (SSSR count). The fourth-order valence-electron chi connectivity index (χ4n) is 2.61. The van der Waals surface area contributed by atoms with Crippen LogP contribution in [0.15, 0.2) is 0 Å². The Morgan fingerprint density at radius 1 is 1.47 bits per heavy atom. The standard InChI is InChI=1S/C12H22O3/c1-8-5-10(7-12(3,4)6-8)15-11(14)9(2)13/h8-10,13H,5-7H2,1-4H3/t8-,9+,10+/m0/s1. The van der Waals surface area contributed by atoms with Gasteiger partial charge in [0.05, 0.1) is 0 Å². The second kappa shape index (κ2) is 4.52. The first kappa shape index (κ1) is 12.5. The van der Waals surface area contributed by atoms with Crippen molar-refractivity contribution >= 4 is 5.97 Å². The summed E-state index contributed by atoms with van der Waals surface area (Å²) in [5, 5.41) is 9.07. The van der Waals surface area contributed by atoms with Gasteiger partial charge in [0.2, 0.25) is 0 Å². The molecule has 0 amide bonds. The van der Waals surface area contributed by atoms with Crippen LogP contribution >= 0.6 is 0 Å². The molecular weight excluding hydrogens is 192 g/mol. The quantitative estimate of drug-likeness (QED) is 0.716. The van der Waals surface area contributed by atoms with Crippen LogP contribution in [0.2, 0.25) is 0 Å². The molecule has 0 aromatic rings. The third-order valence-corrected chi connectivity index (χ3v) is 2.97. The Kier molecular flexibility index (Phi) is 3.77. The smallest absolute Gasteiger partial charge is 0.334 e. The SMILES string of the molecule is C[C@H]1C[C@@H](OC(=O)[C@@H](C)O)CC(C)(C)C1. The van der Waals surface area contributed by atoms with Gasteiger partial charge in [-0.05, 0) is 37.5 Å². The van der Waals surface area contributed by atoms with Gasteiger partial charge in [0.1, 0.15) is 12.2 Å². The Morgan fingerprint density at radius 3 is 2.53 bits per heavy atom. The number of carbonyl (C=O) groups excluding carboxylic acids is 1. The molecule has 3 atom stereocenters.